The van der Waals surface area contributed by atoms with Gasteiger partial charge in [-0.1, -0.05) is 39.0 Å². The highest BCUT2D eigenvalue weighted by Crippen LogP contribution is 2.29. The summed E-state index contributed by atoms with van der Waals surface area (Å²) in [6, 6.07) is 13.4. The SMILES string of the molecule is CC[Si](CC)(CC)O[C@@H](CN[C@H](C)Cc1c[nH]c2c(C(=O)OC)cccc12)c1cccnc1. The van der Waals surface area contributed by atoms with Crippen molar-refractivity contribution in [1.29, 1.82) is 0 Å². The van der Waals surface area contributed by atoms with E-state index in [4.69, 9.17) is 9.16 Å². The Morgan fingerprint density at radius 3 is 2.55 bits per heavy atom. The van der Waals surface area contributed by atoms with Crippen LogP contribution in [0.3, 0.4) is 0 Å². The zero-order valence-corrected chi connectivity index (χ0v) is 21.5. The number of nitrogens with zero attached hydrogens (tertiary/aromatic N) is 1. The van der Waals surface area contributed by atoms with Crippen LogP contribution >= 0.6 is 0 Å². The van der Waals surface area contributed by atoms with E-state index in [1.807, 2.05) is 30.6 Å². The first-order valence-corrected chi connectivity index (χ1v) is 14.5. The average molecular weight is 468 g/mol. The van der Waals surface area contributed by atoms with Gasteiger partial charge in [-0.05, 0) is 54.7 Å². The number of nitrogens with one attached hydrogen (secondary N) is 2. The van der Waals surface area contributed by atoms with Crippen LogP contribution in [0, 0.1) is 0 Å². The highest BCUT2D eigenvalue weighted by molar-refractivity contribution is 6.73. The van der Waals surface area contributed by atoms with E-state index in [0.717, 1.165) is 47.6 Å². The summed E-state index contributed by atoms with van der Waals surface area (Å²) in [5, 5.41) is 4.75. The van der Waals surface area contributed by atoms with Crippen molar-refractivity contribution in [2.45, 2.75) is 64.4 Å². The van der Waals surface area contributed by atoms with Gasteiger partial charge >= 0.3 is 5.97 Å². The van der Waals surface area contributed by atoms with Gasteiger partial charge in [-0.3, -0.25) is 4.98 Å². The lowest BCUT2D eigenvalue weighted by molar-refractivity contribution is 0.0603. The van der Waals surface area contributed by atoms with Gasteiger partial charge in [0.2, 0.25) is 0 Å². The summed E-state index contributed by atoms with van der Waals surface area (Å²) in [6.07, 6.45) is 6.54. The summed E-state index contributed by atoms with van der Waals surface area (Å²) in [4.78, 5) is 19.7. The molecule has 0 amide bonds. The topological polar surface area (TPSA) is 76.2 Å². The third-order valence-electron chi connectivity index (χ3n) is 6.77. The molecule has 0 aliphatic rings. The summed E-state index contributed by atoms with van der Waals surface area (Å²) in [7, 11) is -0.365. The number of H-pyrrole nitrogens is 1. The molecule has 2 heterocycles. The van der Waals surface area contributed by atoms with Gasteiger partial charge in [-0.2, -0.15) is 0 Å². The molecule has 2 atom stereocenters. The fraction of sp³-hybridized carbons (Fsp3) is 0.462. The molecule has 2 aromatic heterocycles. The third-order valence-corrected chi connectivity index (χ3v) is 11.4. The van der Waals surface area contributed by atoms with Crippen molar-refractivity contribution < 1.29 is 14.0 Å². The first-order chi connectivity index (χ1) is 16.0. The molecule has 0 bridgehead atoms. The Kier molecular flexibility index (Phi) is 8.83. The molecule has 0 fully saturated rings. The summed E-state index contributed by atoms with van der Waals surface area (Å²) >= 11 is 0. The second kappa shape index (κ2) is 11.6. The van der Waals surface area contributed by atoms with E-state index in [2.05, 4.69) is 49.0 Å². The minimum absolute atomic E-state index is 0.0124. The van der Waals surface area contributed by atoms with E-state index >= 15 is 0 Å². The normalized spacial score (nSPS) is 13.7. The minimum Gasteiger partial charge on any atom is -0.465 e. The van der Waals surface area contributed by atoms with Crippen molar-refractivity contribution in [3.05, 3.63) is 65.6 Å². The number of rotatable bonds is 12. The van der Waals surface area contributed by atoms with Crippen molar-refractivity contribution in [2.24, 2.45) is 0 Å². The van der Waals surface area contributed by atoms with E-state index < -0.39 is 8.32 Å². The number of ether oxygens (including phenoxy) is 1. The molecular weight excluding hydrogens is 430 g/mol. The van der Waals surface area contributed by atoms with Crippen molar-refractivity contribution >= 4 is 25.2 Å². The van der Waals surface area contributed by atoms with E-state index in [-0.39, 0.29) is 18.1 Å². The van der Waals surface area contributed by atoms with Crippen LogP contribution < -0.4 is 5.32 Å². The molecule has 1 aromatic carbocycles. The lowest BCUT2D eigenvalue weighted by atomic mass is 10.0. The van der Waals surface area contributed by atoms with Crippen molar-refractivity contribution in [1.82, 2.24) is 15.3 Å². The van der Waals surface area contributed by atoms with Crippen molar-refractivity contribution in [2.75, 3.05) is 13.7 Å². The number of hydrogen-bond donors (Lipinski definition) is 2. The van der Waals surface area contributed by atoms with Crippen LogP contribution in [0.25, 0.3) is 10.9 Å². The van der Waals surface area contributed by atoms with Crippen LogP contribution in [0.2, 0.25) is 18.1 Å². The van der Waals surface area contributed by atoms with E-state index in [1.165, 1.54) is 12.7 Å². The largest absolute Gasteiger partial charge is 0.465 e. The molecule has 0 unspecified atom stereocenters. The Hall–Kier alpha value is -2.48. The smallest absolute Gasteiger partial charge is 0.339 e. The fourth-order valence-corrected chi connectivity index (χ4v) is 7.29. The maximum atomic E-state index is 12.1. The number of pyridine rings is 1. The van der Waals surface area contributed by atoms with Crippen LogP contribution in [-0.4, -0.2) is 44.0 Å². The molecule has 3 rings (SSSR count). The van der Waals surface area contributed by atoms with Gasteiger partial charge < -0.3 is 19.5 Å². The van der Waals surface area contributed by atoms with Crippen LogP contribution in [-0.2, 0) is 15.6 Å². The molecule has 0 aliphatic carbocycles. The zero-order valence-electron chi connectivity index (χ0n) is 20.5. The summed E-state index contributed by atoms with van der Waals surface area (Å²) in [5.74, 6) is -0.327. The Morgan fingerprint density at radius 2 is 1.91 bits per heavy atom. The molecule has 0 spiro atoms. The van der Waals surface area contributed by atoms with Crippen LogP contribution in [0.15, 0.2) is 48.9 Å². The summed E-state index contributed by atoms with van der Waals surface area (Å²) < 4.78 is 11.8. The highest BCUT2D eigenvalue weighted by atomic mass is 28.4. The van der Waals surface area contributed by atoms with Crippen LogP contribution in [0.4, 0.5) is 0 Å². The molecule has 178 valence electrons. The number of hydrogen-bond acceptors (Lipinski definition) is 5. The monoisotopic (exact) mass is 467 g/mol. The van der Waals surface area contributed by atoms with Gasteiger partial charge in [0.05, 0.1) is 24.3 Å². The van der Waals surface area contributed by atoms with Crippen LogP contribution in [0.1, 0.15) is 55.3 Å². The number of benzene rings is 1. The van der Waals surface area contributed by atoms with Gasteiger partial charge in [0.15, 0.2) is 8.32 Å². The van der Waals surface area contributed by atoms with E-state index in [1.54, 1.807) is 12.3 Å². The van der Waals surface area contributed by atoms with Gasteiger partial charge in [0.25, 0.3) is 0 Å². The first kappa shape index (κ1) is 25.1. The number of aromatic nitrogens is 2. The molecule has 7 heteroatoms. The average Bonchev–Trinajstić information content (AvgIpc) is 3.27. The van der Waals surface area contributed by atoms with E-state index in [0.29, 0.717) is 5.56 Å². The fourth-order valence-electron chi connectivity index (χ4n) is 4.47. The molecule has 0 saturated heterocycles. The maximum absolute atomic E-state index is 12.1. The number of aromatic amines is 1. The lowest BCUT2D eigenvalue weighted by Gasteiger charge is -2.34. The summed E-state index contributed by atoms with van der Waals surface area (Å²) in [5.41, 5.74) is 3.69. The number of para-hydroxylation sites is 1. The predicted octanol–water partition coefficient (Wildman–Crippen LogP) is 5.63. The standard InChI is InChI=1S/C26H37N3O3Si/c1-6-33(7-2,8-3)32-24(20-11-10-14-27-16-20)18-28-19(4)15-21-17-29-25-22(21)12-9-13-23(25)26(30)31-5/h9-14,16-17,19,24,28-29H,6-8,15,18H2,1-5H3/t19-,24+/m1/s1. The quantitative estimate of drug-likeness (QED) is 0.266. The Balaban J connectivity index is 1.73. The lowest BCUT2D eigenvalue weighted by Crippen LogP contribution is -2.41. The molecular formula is C26H37N3O3Si. The number of carbonyl (C=O) groups is 1. The minimum atomic E-state index is -1.77. The van der Waals surface area contributed by atoms with Gasteiger partial charge in [-0.15, -0.1) is 0 Å². The Morgan fingerprint density at radius 1 is 1.15 bits per heavy atom. The number of fused-ring (bicyclic) bond motifs is 1. The molecule has 2 N–H and O–H groups in total. The van der Waals surface area contributed by atoms with Crippen molar-refractivity contribution in [3.8, 4) is 0 Å². The Bertz CT molecular complexity index is 1030. The molecule has 0 aliphatic heterocycles. The van der Waals surface area contributed by atoms with Gasteiger partial charge in [0.1, 0.15) is 0 Å². The number of methoxy groups -OCH3 is 1. The molecule has 6 nitrogen and oxygen atoms in total. The van der Waals surface area contributed by atoms with Gasteiger partial charge in [-0.25, -0.2) is 4.79 Å². The second-order valence-electron chi connectivity index (χ2n) is 8.68. The third kappa shape index (κ3) is 5.91. The van der Waals surface area contributed by atoms with Gasteiger partial charge in [0, 0.05) is 36.6 Å². The number of esters is 1. The Labute approximate surface area is 198 Å². The highest BCUT2D eigenvalue weighted by Gasteiger charge is 2.32. The molecule has 0 saturated carbocycles. The molecule has 0 radical (unpaired) electrons. The molecule has 33 heavy (non-hydrogen) atoms. The summed E-state index contributed by atoms with van der Waals surface area (Å²) in [6.45, 7) is 9.70. The van der Waals surface area contributed by atoms with Crippen LogP contribution in [0.5, 0.6) is 0 Å². The maximum Gasteiger partial charge on any atom is 0.339 e. The zero-order chi connectivity index (χ0) is 23.8. The number of carbonyl (C=O) groups excluding carboxylic acids is 1. The van der Waals surface area contributed by atoms with E-state index in [9.17, 15) is 4.79 Å². The second-order valence-corrected chi connectivity index (χ2v) is 13.4. The molecule has 3 aromatic rings. The van der Waals surface area contributed by atoms with Crippen molar-refractivity contribution in [3.63, 3.8) is 0 Å². The first-order valence-electron chi connectivity index (χ1n) is 11.9. The predicted molar refractivity (Wildman–Crippen MR) is 136 cm³/mol.